The van der Waals surface area contributed by atoms with Gasteiger partial charge in [0.25, 0.3) is 5.56 Å². The Hall–Kier alpha value is -2.58. The Bertz CT molecular complexity index is 1160. The summed E-state index contributed by atoms with van der Waals surface area (Å²) in [7, 11) is 1.83. The normalized spacial score (nSPS) is 11.3. The molecule has 1 N–H and O–H groups in total. The molecule has 3 heterocycles. The molecule has 0 bridgehead atoms. The SMILES string of the molecule is Cc1oc(-c2cccc(Cl)c2)nc1CSc1nc2c(=O)[nH]cnc2n1C. The lowest BCUT2D eigenvalue weighted by Gasteiger charge is -2.00. The van der Waals surface area contributed by atoms with Crippen LogP contribution < -0.4 is 5.56 Å². The number of nitrogens with one attached hydrogen (secondary N) is 1. The van der Waals surface area contributed by atoms with Crippen LogP contribution in [-0.4, -0.2) is 24.5 Å². The van der Waals surface area contributed by atoms with Gasteiger partial charge in [-0.05, 0) is 25.1 Å². The van der Waals surface area contributed by atoms with Crippen molar-refractivity contribution in [2.24, 2.45) is 7.05 Å². The molecule has 9 heteroatoms. The molecule has 0 saturated heterocycles. The van der Waals surface area contributed by atoms with E-state index in [0.717, 1.165) is 17.0 Å². The predicted octanol–water partition coefficient (Wildman–Crippen LogP) is 3.57. The molecule has 0 aliphatic carbocycles. The number of H-pyrrole nitrogens is 1. The molecule has 0 atom stereocenters. The molecule has 0 saturated carbocycles. The van der Waals surface area contributed by atoms with Crippen LogP contribution in [0.2, 0.25) is 5.02 Å². The third kappa shape index (κ3) is 3.02. The third-order valence-electron chi connectivity index (χ3n) is 3.92. The molecule has 0 radical (unpaired) electrons. The second kappa shape index (κ2) is 6.62. The Balaban J connectivity index is 1.60. The smallest absolute Gasteiger partial charge is 0.278 e. The van der Waals surface area contributed by atoms with Gasteiger partial charge in [0.1, 0.15) is 5.76 Å². The van der Waals surface area contributed by atoms with Crippen molar-refractivity contribution >= 4 is 34.5 Å². The fourth-order valence-corrected chi connectivity index (χ4v) is 3.72. The molecule has 132 valence electrons. The van der Waals surface area contributed by atoms with Crippen molar-refractivity contribution < 1.29 is 4.42 Å². The lowest BCUT2D eigenvalue weighted by molar-refractivity contribution is 0.540. The molecular formula is C17H14ClN5O2S. The van der Waals surface area contributed by atoms with Crippen molar-refractivity contribution in [2.45, 2.75) is 17.8 Å². The highest BCUT2D eigenvalue weighted by atomic mass is 35.5. The summed E-state index contributed by atoms with van der Waals surface area (Å²) >= 11 is 7.50. The van der Waals surface area contributed by atoms with Gasteiger partial charge in [-0.15, -0.1) is 0 Å². The summed E-state index contributed by atoms with van der Waals surface area (Å²) in [4.78, 5) is 27.5. The maximum absolute atomic E-state index is 11.8. The third-order valence-corrected chi connectivity index (χ3v) is 5.20. The van der Waals surface area contributed by atoms with Crippen LogP contribution in [0.1, 0.15) is 11.5 Å². The number of benzene rings is 1. The van der Waals surface area contributed by atoms with Crippen molar-refractivity contribution in [1.29, 1.82) is 0 Å². The largest absolute Gasteiger partial charge is 0.441 e. The van der Waals surface area contributed by atoms with Crippen molar-refractivity contribution in [2.75, 3.05) is 0 Å². The van der Waals surface area contributed by atoms with Crippen LogP contribution >= 0.6 is 23.4 Å². The fourth-order valence-electron chi connectivity index (χ4n) is 2.56. The first-order chi connectivity index (χ1) is 12.5. The zero-order chi connectivity index (χ0) is 18.3. The Morgan fingerprint density at radius 3 is 2.96 bits per heavy atom. The van der Waals surface area contributed by atoms with Crippen molar-refractivity contribution in [3.63, 3.8) is 0 Å². The van der Waals surface area contributed by atoms with Crippen LogP contribution in [0.15, 0.2) is 45.0 Å². The van der Waals surface area contributed by atoms with Gasteiger partial charge < -0.3 is 14.0 Å². The van der Waals surface area contributed by atoms with Crippen LogP contribution in [0.25, 0.3) is 22.6 Å². The lowest BCUT2D eigenvalue weighted by Crippen LogP contribution is -2.06. The molecule has 1 aromatic carbocycles. The average molecular weight is 388 g/mol. The van der Waals surface area contributed by atoms with Crippen LogP contribution in [-0.2, 0) is 12.8 Å². The van der Waals surface area contributed by atoms with Gasteiger partial charge in [-0.25, -0.2) is 15.0 Å². The Kier molecular flexibility index (Phi) is 4.29. The first-order valence-corrected chi connectivity index (χ1v) is 9.14. The number of oxazole rings is 1. The summed E-state index contributed by atoms with van der Waals surface area (Å²) in [5.74, 6) is 1.83. The molecular weight excluding hydrogens is 374 g/mol. The van der Waals surface area contributed by atoms with Crippen molar-refractivity contribution in [1.82, 2.24) is 24.5 Å². The number of rotatable bonds is 4. The predicted molar refractivity (Wildman–Crippen MR) is 100 cm³/mol. The molecule has 0 aliphatic rings. The molecule has 26 heavy (non-hydrogen) atoms. The van der Waals surface area contributed by atoms with Gasteiger partial charge in [0, 0.05) is 23.4 Å². The Morgan fingerprint density at radius 1 is 1.35 bits per heavy atom. The highest BCUT2D eigenvalue weighted by Gasteiger charge is 2.16. The number of nitrogens with zero attached hydrogens (tertiary/aromatic N) is 4. The summed E-state index contributed by atoms with van der Waals surface area (Å²) in [5, 5.41) is 1.32. The van der Waals surface area contributed by atoms with E-state index in [1.54, 1.807) is 10.6 Å². The number of hydrogen-bond acceptors (Lipinski definition) is 6. The maximum atomic E-state index is 11.8. The van der Waals surface area contributed by atoms with Crippen LogP contribution in [0.3, 0.4) is 0 Å². The second-order valence-electron chi connectivity index (χ2n) is 5.68. The van der Waals surface area contributed by atoms with Gasteiger partial charge in [-0.2, -0.15) is 0 Å². The number of aromatic amines is 1. The first kappa shape index (κ1) is 16.9. The van der Waals surface area contributed by atoms with Crippen LogP contribution in [0.5, 0.6) is 0 Å². The number of imidazole rings is 1. The highest BCUT2D eigenvalue weighted by Crippen LogP contribution is 2.28. The number of aryl methyl sites for hydroxylation is 2. The molecule has 0 fully saturated rings. The number of halogens is 1. The van der Waals surface area contributed by atoms with E-state index >= 15 is 0 Å². The van der Waals surface area contributed by atoms with E-state index in [4.69, 9.17) is 16.0 Å². The van der Waals surface area contributed by atoms with E-state index in [9.17, 15) is 4.79 Å². The fraction of sp³-hybridized carbons (Fsp3) is 0.176. The van der Waals surface area contributed by atoms with E-state index in [2.05, 4.69) is 19.9 Å². The molecule has 7 nitrogen and oxygen atoms in total. The summed E-state index contributed by atoms with van der Waals surface area (Å²) < 4.78 is 7.57. The minimum absolute atomic E-state index is 0.252. The van der Waals surface area contributed by atoms with Crippen molar-refractivity contribution in [3.05, 3.63) is 57.4 Å². The average Bonchev–Trinajstić information content (AvgIpc) is 3.15. The minimum Gasteiger partial charge on any atom is -0.441 e. The number of aromatic nitrogens is 5. The molecule has 0 amide bonds. The van der Waals surface area contributed by atoms with Gasteiger partial charge in [0.05, 0.1) is 12.0 Å². The van der Waals surface area contributed by atoms with E-state index in [1.807, 2.05) is 32.2 Å². The zero-order valence-corrected chi connectivity index (χ0v) is 15.6. The van der Waals surface area contributed by atoms with E-state index in [1.165, 1.54) is 18.1 Å². The summed E-state index contributed by atoms with van der Waals surface area (Å²) in [6.07, 6.45) is 1.37. The standard InChI is InChI=1S/C17H14ClN5O2S/c1-9-12(21-16(25-9)10-4-3-5-11(18)6-10)7-26-17-22-13-14(23(17)2)19-8-20-15(13)24/h3-6,8H,7H2,1-2H3,(H,19,20,24). The number of hydrogen-bond donors (Lipinski definition) is 1. The van der Waals surface area contributed by atoms with E-state index in [-0.39, 0.29) is 5.56 Å². The van der Waals surface area contributed by atoms with Gasteiger partial charge in [0.15, 0.2) is 16.3 Å². The monoisotopic (exact) mass is 387 g/mol. The first-order valence-electron chi connectivity index (χ1n) is 7.78. The van der Waals surface area contributed by atoms with Crippen molar-refractivity contribution in [3.8, 4) is 11.5 Å². The van der Waals surface area contributed by atoms with Gasteiger partial charge >= 0.3 is 0 Å². The topological polar surface area (TPSA) is 89.6 Å². The molecule has 3 aromatic heterocycles. The van der Waals surface area contributed by atoms with Gasteiger partial charge in [0.2, 0.25) is 5.89 Å². The zero-order valence-electron chi connectivity index (χ0n) is 14.0. The summed E-state index contributed by atoms with van der Waals surface area (Å²) in [6, 6.07) is 7.37. The minimum atomic E-state index is -0.252. The van der Waals surface area contributed by atoms with Gasteiger partial charge in [-0.1, -0.05) is 29.4 Å². The molecule has 0 unspecified atom stereocenters. The van der Waals surface area contributed by atoms with Crippen LogP contribution in [0.4, 0.5) is 0 Å². The summed E-state index contributed by atoms with van der Waals surface area (Å²) in [5.41, 5.74) is 2.27. The number of thioether (sulfide) groups is 1. The molecule has 4 aromatic rings. The molecule has 0 aliphatic heterocycles. The Morgan fingerprint density at radius 2 is 2.19 bits per heavy atom. The second-order valence-corrected chi connectivity index (χ2v) is 7.06. The Labute approximate surface area is 157 Å². The quantitative estimate of drug-likeness (QED) is 0.538. The number of fused-ring (bicyclic) bond motifs is 1. The van der Waals surface area contributed by atoms with Crippen LogP contribution in [0, 0.1) is 6.92 Å². The maximum Gasteiger partial charge on any atom is 0.278 e. The molecule has 0 spiro atoms. The van der Waals surface area contributed by atoms with E-state index < -0.39 is 0 Å². The molecule has 4 rings (SSSR count). The van der Waals surface area contributed by atoms with E-state index in [0.29, 0.717) is 33.0 Å². The van der Waals surface area contributed by atoms with Gasteiger partial charge in [-0.3, -0.25) is 4.79 Å². The highest BCUT2D eigenvalue weighted by molar-refractivity contribution is 7.98. The lowest BCUT2D eigenvalue weighted by atomic mass is 10.2. The summed E-state index contributed by atoms with van der Waals surface area (Å²) in [6.45, 7) is 1.87.